The quantitative estimate of drug-likeness (QED) is 0.341. The molecule has 5 rings (SSSR count). The molecule has 0 radical (unpaired) electrons. The number of aryl methyl sites for hydroxylation is 2. The van der Waals surface area contributed by atoms with E-state index in [1.54, 1.807) is 6.07 Å². The van der Waals surface area contributed by atoms with Gasteiger partial charge in [-0.2, -0.15) is 0 Å². The van der Waals surface area contributed by atoms with Gasteiger partial charge in [-0.25, -0.2) is 4.79 Å². The molecule has 2 aliphatic rings. The first kappa shape index (κ1) is 25.2. The van der Waals surface area contributed by atoms with Crippen molar-refractivity contribution in [3.63, 3.8) is 0 Å². The smallest absolute Gasteiger partial charge is 0.335 e. The summed E-state index contributed by atoms with van der Waals surface area (Å²) in [5, 5.41) is 9.55. The molecule has 0 saturated carbocycles. The zero-order chi connectivity index (χ0) is 25.6. The minimum Gasteiger partial charge on any atom is -0.478 e. The summed E-state index contributed by atoms with van der Waals surface area (Å²) >= 11 is 0. The van der Waals surface area contributed by atoms with Gasteiger partial charge in [0.25, 0.3) is 0 Å². The first-order valence-corrected chi connectivity index (χ1v) is 13.3. The van der Waals surface area contributed by atoms with Crippen molar-refractivity contribution in [3.05, 3.63) is 117 Å². The van der Waals surface area contributed by atoms with Crippen LogP contribution < -0.4 is 0 Å². The Morgan fingerprint density at radius 3 is 2.46 bits per heavy atom. The number of halogens is 1. The number of rotatable bonds is 9. The van der Waals surface area contributed by atoms with Crippen molar-refractivity contribution in [2.75, 3.05) is 26.3 Å². The van der Waals surface area contributed by atoms with Gasteiger partial charge in [0.1, 0.15) is 0 Å². The highest BCUT2D eigenvalue weighted by Crippen LogP contribution is 2.37. The number of alkyl halides is 1. The first-order valence-electron chi connectivity index (χ1n) is 13.3. The van der Waals surface area contributed by atoms with Crippen LogP contribution in [0.5, 0.6) is 0 Å². The fraction of sp³-hybridized carbons (Fsp3) is 0.303. The van der Waals surface area contributed by atoms with Crippen LogP contribution in [0.4, 0.5) is 4.39 Å². The van der Waals surface area contributed by atoms with Crippen LogP contribution in [0.15, 0.2) is 83.9 Å². The lowest BCUT2D eigenvalue weighted by Gasteiger charge is -2.33. The predicted molar refractivity (Wildman–Crippen MR) is 149 cm³/mol. The van der Waals surface area contributed by atoms with Crippen molar-refractivity contribution in [1.82, 2.24) is 4.90 Å². The summed E-state index contributed by atoms with van der Waals surface area (Å²) in [5.74, 6) is -0.876. The number of carbonyl (C=O) groups is 1. The lowest BCUT2D eigenvalue weighted by Crippen LogP contribution is -2.40. The molecule has 3 aromatic carbocycles. The lowest BCUT2D eigenvalue weighted by atomic mass is 9.87. The molecule has 1 fully saturated rings. The molecule has 0 amide bonds. The number of hydrogen-bond acceptors (Lipinski definition) is 2. The standard InChI is InChI=1S/C33H34FNO2/c34-18-5-19-35-22-26(23-35)20-25-11-14-28(15-12-25)32-27(13-10-24-6-2-1-3-7-24)8-4-9-29-21-30(33(36)37)16-17-31(29)32/h1-3,6-7,11-12,14-17,20-21H,4-5,8-10,13,18-19,22-23H2,(H,36,37). The Kier molecular flexibility index (Phi) is 7.96. The Labute approximate surface area is 219 Å². The molecule has 1 aliphatic carbocycles. The molecule has 3 aromatic rings. The number of likely N-dealkylation sites (tertiary alicyclic amines) is 1. The van der Waals surface area contributed by atoms with E-state index >= 15 is 0 Å². The van der Waals surface area contributed by atoms with Gasteiger partial charge in [0.2, 0.25) is 0 Å². The third-order valence-electron chi connectivity index (χ3n) is 7.49. The number of fused-ring (bicyclic) bond motifs is 1. The number of allylic oxidation sites excluding steroid dienone is 1. The molecule has 4 heteroatoms. The van der Waals surface area contributed by atoms with Crippen molar-refractivity contribution >= 4 is 17.6 Å². The molecule has 1 aliphatic heterocycles. The van der Waals surface area contributed by atoms with E-state index in [-0.39, 0.29) is 6.67 Å². The minimum atomic E-state index is -0.876. The van der Waals surface area contributed by atoms with E-state index < -0.39 is 5.97 Å². The van der Waals surface area contributed by atoms with Crippen LogP contribution in [0.25, 0.3) is 11.6 Å². The van der Waals surface area contributed by atoms with Crippen LogP contribution in [0, 0.1) is 0 Å². The largest absolute Gasteiger partial charge is 0.478 e. The van der Waals surface area contributed by atoms with Crippen molar-refractivity contribution in [2.45, 2.75) is 38.5 Å². The summed E-state index contributed by atoms with van der Waals surface area (Å²) in [4.78, 5) is 13.9. The Morgan fingerprint density at radius 1 is 0.946 bits per heavy atom. The Hall–Kier alpha value is -3.50. The highest BCUT2D eigenvalue weighted by Gasteiger charge is 2.21. The maximum absolute atomic E-state index is 12.4. The zero-order valence-electron chi connectivity index (χ0n) is 21.3. The van der Waals surface area contributed by atoms with Gasteiger partial charge in [-0.15, -0.1) is 0 Å². The average Bonchev–Trinajstić information content (AvgIpc) is 3.08. The topological polar surface area (TPSA) is 40.5 Å². The molecule has 0 atom stereocenters. The maximum atomic E-state index is 12.4. The van der Waals surface area contributed by atoms with Crippen LogP contribution in [-0.2, 0) is 12.8 Å². The molecule has 0 unspecified atom stereocenters. The van der Waals surface area contributed by atoms with Gasteiger partial charge < -0.3 is 5.11 Å². The van der Waals surface area contributed by atoms with Gasteiger partial charge in [-0.05, 0) is 89.6 Å². The summed E-state index contributed by atoms with van der Waals surface area (Å²) in [6.07, 6.45) is 7.76. The molecule has 190 valence electrons. The lowest BCUT2D eigenvalue weighted by molar-refractivity contribution is 0.0696. The zero-order valence-corrected chi connectivity index (χ0v) is 21.3. The van der Waals surface area contributed by atoms with Gasteiger partial charge in [0, 0.05) is 19.6 Å². The van der Waals surface area contributed by atoms with E-state index in [1.165, 1.54) is 39.0 Å². The Balaban J connectivity index is 1.45. The number of hydrogen-bond donors (Lipinski definition) is 1. The van der Waals surface area contributed by atoms with Gasteiger partial charge in [-0.3, -0.25) is 9.29 Å². The molecular formula is C33H34FNO2. The van der Waals surface area contributed by atoms with E-state index in [1.807, 2.05) is 12.1 Å². The fourth-order valence-electron chi connectivity index (χ4n) is 5.58. The maximum Gasteiger partial charge on any atom is 0.335 e. The number of benzene rings is 3. The van der Waals surface area contributed by atoms with Gasteiger partial charge in [-0.1, -0.05) is 72.3 Å². The Bertz CT molecular complexity index is 1300. The molecule has 3 nitrogen and oxygen atoms in total. The van der Waals surface area contributed by atoms with Gasteiger partial charge >= 0.3 is 5.97 Å². The number of nitrogens with zero attached hydrogens (tertiary/aromatic N) is 1. The van der Waals surface area contributed by atoms with E-state index in [9.17, 15) is 14.3 Å². The second-order valence-corrected chi connectivity index (χ2v) is 10.2. The van der Waals surface area contributed by atoms with Crippen molar-refractivity contribution in [1.29, 1.82) is 0 Å². The van der Waals surface area contributed by atoms with Crippen LogP contribution in [-0.4, -0.2) is 42.3 Å². The molecular weight excluding hydrogens is 461 g/mol. The first-order chi connectivity index (χ1) is 18.1. The van der Waals surface area contributed by atoms with E-state index in [2.05, 4.69) is 65.6 Å². The van der Waals surface area contributed by atoms with E-state index in [0.717, 1.165) is 57.3 Å². The third kappa shape index (κ3) is 6.08. The van der Waals surface area contributed by atoms with Crippen molar-refractivity contribution < 1.29 is 14.3 Å². The number of carboxylic acid groups (broad SMARTS) is 1. The normalized spacial score (nSPS) is 15.6. The monoisotopic (exact) mass is 495 g/mol. The Morgan fingerprint density at radius 2 is 1.73 bits per heavy atom. The number of aromatic carboxylic acids is 1. The highest BCUT2D eigenvalue weighted by molar-refractivity contribution is 5.90. The number of carboxylic acids is 1. The fourth-order valence-corrected chi connectivity index (χ4v) is 5.58. The summed E-state index contributed by atoms with van der Waals surface area (Å²) in [6, 6.07) is 25.0. The van der Waals surface area contributed by atoms with Crippen molar-refractivity contribution in [2.24, 2.45) is 0 Å². The SMILES string of the molecule is O=C(O)c1ccc2c(c1)CCCC(CCc1ccccc1)=C2c1ccc(C=C2CN(CCCF)C2)cc1. The summed E-state index contributed by atoms with van der Waals surface area (Å²) in [7, 11) is 0. The second kappa shape index (κ2) is 11.7. The molecule has 1 saturated heterocycles. The molecule has 0 spiro atoms. The van der Waals surface area contributed by atoms with Crippen molar-refractivity contribution in [3.8, 4) is 0 Å². The third-order valence-corrected chi connectivity index (χ3v) is 7.49. The van der Waals surface area contributed by atoms with Crippen LogP contribution in [0.2, 0.25) is 0 Å². The van der Waals surface area contributed by atoms with Gasteiger partial charge in [0.15, 0.2) is 0 Å². The van der Waals surface area contributed by atoms with Gasteiger partial charge in [0.05, 0.1) is 12.2 Å². The summed E-state index contributed by atoms with van der Waals surface area (Å²) in [5.41, 5.74) is 10.4. The molecule has 1 heterocycles. The predicted octanol–water partition coefficient (Wildman–Crippen LogP) is 7.21. The minimum absolute atomic E-state index is 0.249. The molecule has 37 heavy (non-hydrogen) atoms. The highest BCUT2D eigenvalue weighted by atomic mass is 19.1. The van der Waals surface area contributed by atoms with Crippen LogP contribution >= 0.6 is 0 Å². The molecule has 1 N–H and O–H groups in total. The van der Waals surface area contributed by atoms with E-state index in [0.29, 0.717) is 12.0 Å². The second-order valence-electron chi connectivity index (χ2n) is 10.2. The van der Waals surface area contributed by atoms with E-state index in [4.69, 9.17) is 0 Å². The molecule has 0 bridgehead atoms. The average molecular weight is 496 g/mol. The summed E-state index contributed by atoms with van der Waals surface area (Å²) in [6.45, 7) is 2.43. The van der Waals surface area contributed by atoms with Crippen LogP contribution in [0.1, 0.15) is 63.9 Å². The molecule has 0 aromatic heterocycles. The summed E-state index contributed by atoms with van der Waals surface area (Å²) < 4.78 is 12.4. The van der Waals surface area contributed by atoms with Crippen LogP contribution in [0.3, 0.4) is 0 Å².